The van der Waals surface area contributed by atoms with Crippen LogP contribution in [0.25, 0.3) is 0 Å². The molecule has 2 nitrogen and oxygen atoms in total. The van der Waals surface area contributed by atoms with Crippen LogP contribution in [0.1, 0.15) is 28.8 Å². The standard InChI is InChI=1S/C13H11F5INO/c14-12(15)1-3-20(4-2-12)11(21)8-5-9(13(16,17)18)7-10(19)6-8/h5-7H,1-4H2. The summed E-state index contributed by atoms with van der Waals surface area (Å²) in [7, 11) is 0. The zero-order valence-electron chi connectivity index (χ0n) is 10.7. The highest BCUT2D eigenvalue weighted by atomic mass is 127. The van der Waals surface area contributed by atoms with Crippen molar-refractivity contribution in [3.05, 3.63) is 32.9 Å². The van der Waals surface area contributed by atoms with Gasteiger partial charge in [-0.15, -0.1) is 0 Å². The van der Waals surface area contributed by atoms with Crippen molar-refractivity contribution in [3.8, 4) is 0 Å². The smallest absolute Gasteiger partial charge is 0.338 e. The van der Waals surface area contributed by atoms with Gasteiger partial charge in [0, 0.05) is 35.1 Å². The number of carbonyl (C=O) groups excluding carboxylic acids is 1. The van der Waals surface area contributed by atoms with E-state index in [9.17, 15) is 26.7 Å². The van der Waals surface area contributed by atoms with Gasteiger partial charge in [-0.25, -0.2) is 8.78 Å². The Hall–Kier alpha value is -0.930. The van der Waals surface area contributed by atoms with Gasteiger partial charge in [0.1, 0.15) is 0 Å². The first-order valence-electron chi connectivity index (χ1n) is 6.13. The zero-order chi connectivity index (χ0) is 15.8. The molecule has 1 saturated heterocycles. The van der Waals surface area contributed by atoms with Crippen LogP contribution >= 0.6 is 22.6 Å². The number of halogens is 6. The summed E-state index contributed by atoms with van der Waals surface area (Å²) in [4.78, 5) is 13.3. The first-order valence-corrected chi connectivity index (χ1v) is 7.21. The number of benzene rings is 1. The van der Waals surface area contributed by atoms with Crippen molar-refractivity contribution < 1.29 is 26.7 Å². The summed E-state index contributed by atoms with van der Waals surface area (Å²) < 4.78 is 64.5. The summed E-state index contributed by atoms with van der Waals surface area (Å²) in [6, 6.07) is 3.02. The third-order valence-corrected chi connectivity index (χ3v) is 3.88. The van der Waals surface area contributed by atoms with E-state index in [1.165, 1.54) is 11.0 Å². The fourth-order valence-electron chi connectivity index (χ4n) is 2.10. The summed E-state index contributed by atoms with van der Waals surface area (Å²) in [5.41, 5.74) is -1.04. The Morgan fingerprint density at radius 1 is 1.14 bits per heavy atom. The summed E-state index contributed by atoms with van der Waals surface area (Å²) in [5.74, 6) is -3.45. The molecule has 1 amide bonds. The highest BCUT2D eigenvalue weighted by Gasteiger charge is 2.36. The first-order chi connectivity index (χ1) is 9.58. The number of nitrogens with zero attached hydrogens (tertiary/aromatic N) is 1. The average Bonchev–Trinajstić information content (AvgIpc) is 2.36. The fraction of sp³-hybridized carbons (Fsp3) is 0.462. The maximum atomic E-state index is 13.0. The summed E-state index contributed by atoms with van der Waals surface area (Å²) >= 11 is 1.69. The number of rotatable bonds is 1. The molecular formula is C13H11F5INO. The van der Waals surface area contributed by atoms with Gasteiger partial charge in [-0.3, -0.25) is 4.79 Å². The van der Waals surface area contributed by atoms with E-state index >= 15 is 0 Å². The lowest BCUT2D eigenvalue weighted by Crippen LogP contribution is -2.42. The Bertz CT molecular complexity index is 548. The van der Waals surface area contributed by atoms with Crippen LogP contribution in [0.4, 0.5) is 22.0 Å². The van der Waals surface area contributed by atoms with E-state index < -0.39 is 36.4 Å². The summed E-state index contributed by atoms with van der Waals surface area (Å²) in [6.07, 6.45) is -5.48. The Morgan fingerprint density at radius 3 is 2.24 bits per heavy atom. The predicted molar refractivity (Wildman–Crippen MR) is 74.2 cm³/mol. The van der Waals surface area contributed by atoms with E-state index in [-0.39, 0.29) is 22.2 Å². The van der Waals surface area contributed by atoms with Crippen molar-refractivity contribution in [2.24, 2.45) is 0 Å². The van der Waals surface area contributed by atoms with E-state index in [1.807, 2.05) is 0 Å². The van der Waals surface area contributed by atoms with Gasteiger partial charge >= 0.3 is 6.18 Å². The third-order valence-electron chi connectivity index (χ3n) is 3.25. The second-order valence-electron chi connectivity index (χ2n) is 4.87. The minimum Gasteiger partial charge on any atom is -0.338 e. The molecule has 0 atom stereocenters. The molecule has 1 aromatic rings. The lowest BCUT2D eigenvalue weighted by Gasteiger charge is -2.31. The Kier molecular flexibility index (Phi) is 4.46. The monoisotopic (exact) mass is 419 g/mol. The van der Waals surface area contributed by atoms with Gasteiger partial charge in [-0.2, -0.15) is 13.2 Å². The molecule has 1 heterocycles. The van der Waals surface area contributed by atoms with Crippen LogP contribution in [0.15, 0.2) is 18.2 Å². The van der Waals surface area contributed by atoms with Gasteiger partial charge in [0.15, 0.2) is 0 Å². The van der Waals surface area contributed by atoms with Crippen molar-refractivity contribution in [3.63, 3.8) is 0 Å². The van der Waals surface area contributed by atoms with E-state index in [2.05, 4.69) is 0 Å². The molecule has 1 aromatic carbocycles. The molecule has 0 unspecified atom stereocenters. The molecule has 2 rings (SSSR count). The zero-order valence-corrected chi connectivity index (χ0v) is 12.8. The Balaban J connectivity index is 2.22. The molecule has 0 aliphatic carbocycles. The Labute approximate surface area is 131 Å². The summed E-state index contributed by atoms with van der Waals surface area (Å²) in [6.45, 7) is -0.308. The number of piperidine rings is 1. The highest BCUT2D eigenvalue weighted by molar-refractivity contribution is 14.1. The van der Waals surface area contributed by atoms with Crippen molar-refractivity contribution in [2.75, 3.05) is 13.1 Å². The molecule has 0 saturated carbocycles. The molecule has 0 N–H and O–H groups in total. The Morgan fingerprint density at radius 2 is 1.71 bits per heavy atom. The van der Waals surface area contributed by atoms with Gasteiger partial charge in [-0.05, 0) is 40.8 Å². The van der Waals surface area contributed by atoms with Gasteiger partial charge in [-0.1, -0.05) is 0 Å². The van der Waals surface area contributed by atoms with Crippen LogP contribution in [0.2, 0.25) is 0 Å². The van der Waals surface area contributed by atoms with Crippen molar-refractivity contribution in [2.45, 2.75) is 24.9 Å². The lowest BCUT2D eigenvalue weighted by molar-refractivity contribution is -0.137. The summed E-state index contributed by atoms with van der Waals surface area (Å²) in [5, 5.41) is 0. The normalized spacial score (nSPS) is 18.7. The van der Waals surface area contributed by atoms with Gasteiger partial charge < -0.3 is 4.90 Å². The van der Waals surface area contributed by atoms with Gasteiger partial charge in [0.25, 0.3) is 11.8 Å². The maximum absolute atomic E-state index is 13.0. The molecule has 21 heavy (non-hydrogen) atoms. The van der Waals surface area contributed by atoms with Crippen molar-refractivity contribution in [1.29, 1.82) is 0 Å². The molecule has 0 spiro atoms. The fourth-order valence-corrected chi connectivity index (χ4v) is 2.77. The van der Waals surface area contributed by atoms with Gasteiger partial charge in [0.2, 0.25) is 0 Å². The molecule has 0 radical (unpaired) electrons. The average molecular weight is 419 g/mol. The number of likely N-dealkylation sites (tertiary alicyclic amines) is 1. The molecule has 0 bridgehead atoms. The number of hydrogen-bond acceptors (Lipinski definition) is 1. The predicted octanol–water partition coefficient (Wildman–Crippen LogP) is 4.18. The maximum Gasteiger partial charge on any atom is 0.416 e. The number of amides is 1. The van der Waals surface area contributed by atoms with Crippen LogP contribution in [0.5, 0.6) is 0 Å². The molecule has 1 fully saturated rings. The minimum absolute atomic E-state index is 0.126. The molecular weight excluding hydrogens is 408 g/mol. The molecule has 0 aromatic heterocycles. The molecule has 8 heteroatoms. The number of alkyl halides is 5. The van der Waals surface area contributed by atoms with E-state index in [1.54, 1.807) is 22.6 Å². The van der Waals surface area contributed by atoms with E-state index in [4.69, 9.17) is 0 Å². The number of hydrogen-bond donors (Lipinski definition) is 0. The molecule has 1 aliphatic heterocycles. The number of carbonyl (C=O) groups is 1. The largest absolute Gasteiger partial charge is 0.416 e. The first kappa shape index (κ1) is 16.4. The molecule has 1 aliphatic rings. The second-order valence-corrected chi connectivity index (χ2v) is 6.12. The minimum atomic E-state index is -4.55. The second kappa shape index (κ2) is 5.69. The lowest BCUT2D eigenvalue weighted by atomic mass is 10.0. The van der Waals surface area contributed by atoms with Crippen LogP contribution in [0.3, 0.4) is 0 Å². The van der Waals surface area contributed by atoms with Crippen molar-refractivity contribution >= 4 is 28.5 Å². The third kappa shape index (κ3) is 4.04. The van der Waals surface area contributed by atoms with E-state index in [0.717, 1.165) is 12.1 Å². The van der Waals surface area contributed by atoms with E-state index in [0.29, 0.717) is 0 Å². The van der Waals surface area contributed by atoms with Gasteiger partial charge in [0.05, 0.1) is 5.56 Å². The topological polar surface area (TPSA) is 20.3 Å². The highest BCUT2D eigenvalue weighted by Crippen LogP contribution is 2.32. The van der Waals surface area contributed by atoms with Crippen LogP contribution in [-0.2, 0) is 6.18 Å². The molecule has 116 valence electrons. The SMILES string of the molecule is O=C(c1cc(I)cc(C(F)(F)F)c1)N1CCC(F)(F)CC1. The van der Waals surface area contributed by atoms with Crippen LogP contribution in [0, 0.1) is 3.57 Å². The van der Waals surface area contributed by atoms with Crippen LogP contribution in [-0.4, -0.2) is 29.8 Å². The van der Waals surface area contributed by atoms with Crippen molar-refractivity contribution in [1.82, 2.24) is 4.90 Å². The quantitative estimate of drug-likeness (QED) is 0.494. The van der Waals surface area contributed by atoms with Crippen LogP contribution < -0.4 is 0 Å².